The average Bonchev–Trinajstić information content (AvgIpc) is 3.13. The summed E-state index contributed by atoms with van der Waals surface area (Å²) in [5, 5.41) is 5.96. The minimum Gasteiger partial charge on any atom is -0.348 e. The highest BCUT2D eigenvalue weighted by molar-refractivity contribution is 7.99. The molecule has 1 aromatic rings. The van der Waals surface area contributed by atoms with E-state index in [0.29, 0.717) is 6.54 Å². The van der Waals surface area contributed by atoms with Crippen molar-refractivity contribution >= 4 is 29.5 Å². The van der Waals surface area contributed by atoms with Gasteiger partial charge in [0, 0.05) is 25.5 Å². The number of likely N-dealkylation sites (N-methyl/N-ethyl adjacent to an activating group) is 1. The van der Waals surface area contributed by atoms with Gasteiger partial charge in [-0.2, -0.15) is 0 Å². The van der Waals surface area contributed by atoms with Crippen molar-refractivity contribution in [2.45, 2.75) is 48.5 Å². The van der Waals surface area contributed by atoms with E-state index in [4.69, 9.17) is 0 Å². The maximum Gasteiger partial charge on any atom is 0.311 e. The summed E-state index contributed by atoms with van der Waals surface area (Å²) in [6, 6.07) is 8.08. The molecular formula is C20H27N3O3S. The molecule has 1 saturated carbocycles. The third kappa shape index (κ3) is 4.46. The molecule has 1 aliphatic carbocycles. The van der Waals surface area contributed by atoms with Crippen molar-refractivity contribution in [3.8, 4) is 0 Å². The van der Waals surface area contributed by atoms with Gasteiger partial charge in [0.25, 0.3) is 0 Å². The van der Waals surface area contributed by atoms with Crippen molar-refractivity contribution in [3.05, 3.63) is 29.8 Å². The van der Waals surface area contributed by atoms with Crippen LogP contribution >= 0.6 is 11.8 Å². The Morgan fingerprint density at radius 2 is 1.89 bits per heavy atom. The van der Waals surface area contributed by atoms with E-state index in [1.807, 2.05) is 18.2 Å². The largest absolute Gasteiger partial charge is 0.348 e. The standard InChI is InChI=1S/C20H27N3O3S/c1-23(2)19(26)18(25)21-13-20(10-5-6-11-20)22-17(24)15-9-12-27-16-8-4-3-7-14(15)16/h3-4,7-8,15H,5-6,9-13H2,1-2H3,(H,21,25)(H,22,24). The summed E-state index contributed by atoms with van der Waals surface area (Å²) < 4.78 is 0. The van der Waals surface area contributed by atoms with Gasteiger partial charge < -0.3 is 15.5 Å². The first kappa shape index (κ1) is 19.7. The molecule has 3 amide bonds. The zero-order chi connectivity index (χ0) is 19.4. The average molecular weight is 390 g/mol. The fraction of sp³-hybridized carbons (Fsp3) is 0.550. The second kappa shape index (κ2) is 8.33. The fourth-order valence-corrected chi connectivity index (χ4v) is 5.01. The molecule has 0 aromatic heterocycles. The van der Waals surface area contributed by atoms with Crippen LogP contribution in [-0.4, -0.2) is 54.6 Å². The van der Waals surface area contributed by atoms with Gasteiger partial charge in [-0.05, 0) is 36.6 Å². The predicted octanol–water partition coefficient (Wildman–Crippen LogP) is 1.90. The first-order valence-electron chi connectivity index (χ1n) is 9.45. The third-order valence-electron chi connectivity index (χ3n) is 5.41. The van der Waals surface area contributed by atoms with Crippen molar-refractivity contribution in [3.63, 3.8) is 0 Å². The van der Waals surface area contributed by atoms with E-state index in [1.165, 1.54) is 9.80 Å². The molecule has 0 bridgehead atoms. The predicted molar refractivity (Wildman–Crippen MR) is 106 cm³/mol. The van der Waals surface area contributed by atoms with Crippen molar-refractivity contribution in [1.29, 1.82) is 0 Å². The number of fused-ring (bicyclic) bond motifs is 1. The number of carbonyl (C=O) groups is 3. The number of benzene rings is 1. The van der Waals surface area contributed by atoms with Crippen LogP contribution in [0.15, 0.2) is 29.2 Å². The lowest BCUT2D eigenvalue weighted by Gasteiger charge is -2.34. The van der Waals surface area contributed by atoms with E-state index < -0.39 is 17.4 Å². The Balaban J connectivity index is 1.69. The molecule has 0 spiro atoms. The smallest absolute Gasteiger partial charge is 0.311 e. The van der Waals surface area contributed by atoms with Gasteiger partial charge in [-0.1, -0.05) is 31.0 Å². The SMILES string of the molecule is CN(C)C(=O)C(=O)NCC1(NC(=O)C2CCSc3ccccc32)CCCC1. The summed E-state index contributed by atoms with van der Waals surface area (Å²) in [6.45, 7) is 0.292. The molecule has 6 nitrogen and oxygen atoms in total. The summed E-state index contributed by atoms with van der Waals surface area (Å²) >= 11 is 1.79. The van der Waals surface area contributed by atoms with Gasteiger partial charge >= 0.3 is 11.8 Å². The normalized spacial score (nSPS) is 20.4. The van der Waals surface area contributed by atoms with E-state index in [9.17, 15) is 14.4 Å². The van der Waals surface area contributed by atoms with E-state index in [2.05, 4.69) is 16.7 Å². The highest BCUT2D eigenvalue weighted by atomic mass is 32.2. The molecule has 0 saturated heterocycles. The maximum atomic E-state index is 13.1. The third-order valence-corrected chi connectivity index (χ3v) is 6.53. The topological polar surface area (TPSA) is 78.5 Å². The van der Waals surface area contributed by atoms with Gasteiger partial charge in [-0.15, -0.1) is 11.8 Å². The van der Waals surface area contributed by atoms with Crippen LogP contribution < -0.4 is 10.6 Å². The van der Waals surface area contributed by atoms with Crippen LogP contribution in [-0.2, 0) is 14.4 Å². The zero-order valence-electron chi connectivity index (χ0n) is 15.9. The lowest BCUT2D eigenvalue weighted by Crippen LogP contribution is -2.56. The molecule has 1 unspecified atom stereocenters. The van der Waals surface area contributed by atoms with Crippen LogP contribution in [0.1, 0.15) is 43.6 Å². The second-order valence-electron chi connectivity index (χ2n) is 7.59. The Bertz CT molecular complexity index is 729. The molecule has 1 heterocycles. The fourth-order valence-electron chi connectivity index (χ4n) is 3.89. The monoisotopic (exact) mass is 389 g/mol. The Morgan fingerprint density at radius 3 is 2.59 bits per heavy atom. The maximum absolute atomic E-state index is 13.1. The number of rotatable bonds is 4. The zero-order valence-corrected chi connectivity index (χ0v) is 16.7. The molecule has 1 aromatic carbocycles. The molecule has 0 radical (unpaired) electrons. The Labute approximate surface area is 164 Å². The minimum absolute atomic E-state index is 0.0258. The van der Waals surface area contributed by atoms with Crippen LogP contribution in [0.4, 0.5) is 0 Å². The molecule has 1 aliphatic heterocycles. The number of nitrogens with one attached hydrogen (secondary N) is 2. The number of carbonyl (C=O) groups excluding carboxylic acids is 3. The van der Waals surface area contributed by atoms with Gasteiger partial charge in [0.2, 0.25) is 5.91 Å². The summed E-state index contributed by atoms with van der Waals surface area (Å²) in [5.74, 6) is -0.402. The quantitative estimate of drug-likeness (QED) is 0.771. The van der Waals surface area contributed by atoms with Crippen molar-refractivity contribution in [2.24, 2.45) is 0 Å². The second-order valence-corrected chi connectivity index (χ2v) is 8.72. The molecule has 2 N–H and O–H groups in total. The number of hydrogen-bond acceptors (Lipinski definition) is 4. The van der Waals surface area contributed by atoms with Gasteiger partial charge in [-0.3, -0.25) is 14.4 Å². The van der Waals surface area contributed by atoms with Gasteiger partial charge in [0.15, 0.2) is 0 Å². The molecule has 146 valence electrons. The number of thioether (sulfide) groups is 1. The van der Waals surface area contributed by atoms with Crippen LogP contribution in [0, 0.1) is 0 Å². The summed E-state index contributed by atoms with van der Waals surface area (Å²) in [5.41, 5.74) is 0.630. The van der Waals surface area contributed by atoms with Crippen molar-refractivity contribution in [1.82, 2.24) is 15.5 Å². The summed E-state index contributed by atoms with van der Waals surface area (Å²) in [4.78, 5) is 39.3. The first-order valence-corrected chi connectivity index (χ1v) is 10.4. The first-order chi connectivity index (χ1) is 12.9. The molecule has 7 heteroatoms. The van der Waals surface area contributed by atoms with Gasteiger partial charge in [0.05, 0.1) is 11.5 Å². The highest BCUT2D eigenvalue weighted by Gasteiger charge is 2.38. The van der Waals surface area contributed by atoms with Crippen molar-refractivity contribution in [2.75, 3.05) is 26.4 Å². The number of amides is 3. The van der Waals surface area contributed by atoms with Gasteiger partial charge in [-0.25, -0.2) is 0 Å². The van der Waals surface area contributed by atoms with E-state index >= 15 is 0 Å². The summed E-state index contributed by atoms with van der Waals surface area (Å²) in [7, 11) is 3.10. The van der Waals surface area contributed by atoms with Crippen LogP contribution in [0.5, 0.6) is 0 Å². The Hall–Kier alpha value is -2.02. The molecule has 27 heavy (non-hydrogen) atoms. The molecule has 3 rings (SSSR count). The highest BCUT2D eigenvalue weighted by Crippen LogP contribution is 2.38. The number of hydrogen-bond donors (Lipinski definition) is 2. The lowest BCUT2D eigenvalue weighted by molar-refractivity contribution is -0.144. The molecule has 2 aliphatic rings. The Kier molecular flexibility index (Phi) is 6.09. The van der Waals surface area contributed by atoms with E-state index in [1.54, 1.807) is 25.9 Å². The molecule has 1 fully saturated rings. The van der Waals surface area contributed by atoms with E-state index in [-0.39, 0.29) is 11.8 Å². The van der Waals surface area contributed by atoms with Crippen LogP contribution in [0.3, 0.4) is 0 Å². The van der Waals surface area contributed by atoms with Crippen molar-refractivity contribution < 1.29 is 14.4 Å². The van der Waals surface area contributed by atoms with Gasteiger partial charge in [0.1, 0.15) is 0 Å². The summed E-state index contributed by atoms with van der Waals surface area (Å²) in [6.07, 6.45) is 4.47. The molecular weight excluding hydrogens is 362 g/mol. The van der Waals surface area contributed by atoms with E-state index in [0.717, 1.165) is 43.4 Å². The molecule has 1 atom stereocenters. The lowest BCUT2D eigenvalue weighted by atomic mass is 9.91. The van der Waals surface area contributed by atoms with Crippen LogP contribution in [0.25, 0.3) is 0 Å². The number of nitrogens with zero attached hydrogens (tertiary/aromatic N) is 1. The Morgan fingerprint density at radius 1 is 1.19 bits per heavy atom. The van der Waals surface area contributed by atoms with Crippen LogP contribution in [0.2, 0.25) is 0 Å². The minimum atomic E-state index is -0.625.